The molecule has 18 heavy (non-hydrogen) atoms. The third-order valence-electron chi connectivity index (χ3n) is 2.55. The van der Waals surface area contributed by atoms with Gasteiger partial charge in [0.25, 0.3) is 0 Å². The first kappa shape index (κ1) is 11.2. The summed E-state index contributed by atoms with van der Waals surface area (Å²) in [5.74, 6) is 1.36. The Morgan fingerprint density at radius 1 is 1.22 bits per heavy atom. The molecule has 4 nitrogen and oxygen atoms in total. The number of aromatic nitrogens is 2. The van der Waals surface area contributed by atoms with Gasteiger partial charge in [0.15, 0.2) is 11.2 Å². The molecule has 0 saturated carbocycles. The fourth-order valence-electron chi connectivity index (χ4n) is 1.65. The van der Waals surface area contributed by atoms with Gasteiger partial charge in [-0.15, -0.1) is 0 Å². The summed E-state index contributed by atoms with van der Waals surface area (Å²) in [5.41, 5.74) is 2.16. The minimum atomic E-state index is 0.554. The average molecular weight is 305 g/mol. The lowest BCUT2D eigenvalue weighted by atomic mass is 10.2. The standard InChI is InChI=1S/C13H9BrN2O2/c1-17-10-4-2-8(3-5-10)13-16-12-11(18-13)6-9(14)7-15-12/h2-7H,1H3. The van der Waals surface area contributed by atoms with Gasteiger partial charge in [0.1, 0.15) is 5.75 Å². The lowest BCUT2D eigenvalue weighted by Crippen LogP contribution is -1.82. The first-order valence-corrected chi connectivity index (χ1v) is 6.12. The van der Waals surface area contributed by atoms with E-state index < -0.39 is 0 Å². The summed E-state index contributed by atoms with van der Waals surface area (Å²) in [6, 6.07) is 9.39. The van der Waals surface area contributed by atoms with Gasteiger partial charge in [-0.05, 0) is 40.2 Å². The summed E-state index contributed by atoms with van der Waals surface area (Å²) in [4.78, 5) is 8.52. The van der Waals surface area contributed by atoms with Gasteiger partial charge in [-0.2, -0.15) is 4.98 Å². The monoisotopic (exact) mass is 304 g/mol. The molecule has 2 aromatic heterocycles. The number of hydrogen-bond acceptors (Lipinski definition) is 4. The molecule has 1 aromatic carbocycles. The second kappa shape index (κ2) is 4.42. The molecule has 3 rings (SSSR count). The van der Waals surface area contributed by atoms with Crippen molar-refractivity contribution in [3.05, 3.63) is 41.0 Å². The third-order valence-corrected chi connectivity index (χ3v) is 2.98. The number of pyridine rings is 1. The second-order valence-corrected chi connectivity index (χ2v) is 4.64. The highest BCUT2D eigenvalue weighted by atomic mass is 79.9. The number of methoxy groups -OCH3 is 1. The largest absolute Gasteiger partial charge is 0.497 e. The van der Waals surface area contributed by atoms with E-state index in [0.717, 1.165) is 15.8 Å². The summed E-state index contributed by atoms with van der Waals surface area (Å²) in [6.07, 6.45) is 1.70. The normalized spacial score (nSPS) is 10.8. The first-order chi connectivity index (χ1) is 8.76. The van der Waals surface area contributed by atoms with Gasteiger partial charge in [-0.25, -0.2) is 4.98 Å². The second-order valence-electron chi connectivity index (χ2n) is 3.72. The van der Waals surface area contributed by atoms with Crippen molar-refractivity contribution in [2.45, 2.75) is 0 Å². The number of hydrogen-bond donors (Lipinski definition) is 0. The van der Waals surface area contributed by atoms with Crippen LogP contribution in [0.4, 0.5) is 0 Å². The van der Waals surface area contributed by atoms with Crippen LogP contribution in [0.5, 0.6) is 5.75 Å². The Morgan fingerprint density at radius 2 is 2.00 bits per heavy atom. The number of rotatable bonds is 2. The van der Waals surface area contributed by atoms with Crippen LogP contribution < -0.4 is 4.74 Å². The minimum Gasteiger partial charge on any atom is -0.497 e. The van der Waals surface area contributed by atoms with E-state index in [1.54, 1.807) is 13.3 Å². The zero-order chi connectivity index (χ0) is 12.5. The molecule has 0 amide bonds. The van der Waals surface area contributed by atoms with E-state index >= 15 is 0 Å². The molecule has 0 aliphatic carbocycles. The maximum absolute atomic E-state index is 5.66. The van der Waals surface area contributed by atoms with Gasteiger partial charge < -0.3 is 9.15 Å². The highest BCUT2D eigenvalue weighted by Crippen LogP contribution is 2.26. The maximum Gasteiger partial charge on any atom is 0.228 e. The van der Waals surface area contributed by atoms with E-state index in [9.17, 15) is 0 Å². The van der Waals surface area contributed by atoms with E-state index in [1.807, 2.05) is 30.3 Å². The predicted molar refractivity (Wildman–Crippen MR) is 71.5 cm³/mol. The first-order valence-electron chi connectivity index (χ1n) is 5.33. The van der Waals surface area contributed by atoms with Crippen molar-refractivity contribution in [2.24, 2.45) is 0 Å². The fraction of sp³-hybridized carbons (Fsp3) is 0.0769. The Kier molecular flexibility index (Phi) is 2.76. The molecular weight excluding hydrogens is 296 g/mol. The summed E-state index contributed by atoms with van der Waals surface area (Å²) >= 11 is 3.35. The number of nitrogens with zero attached hydrogens (tertiary/aromatic N) is 2. The van der Waals surface area contributed by atoms with Gasteiger partial charge in [0.2, 0.25) is 5.89 Å². The Morgan fingerprint density at radius 3 is 2.72 bits per heavy atom. The molecule has 3 aromatic rings. The molecule has 0 saturated heterocycles. The van der Waals surface area contributed by atoms with Crippen molar-refractivity contribution in [3.8, 4) is 17.2 Å². The Bertz CT molecular complexity index is 692. The van der Waals surface area contributed by atoms with Crippen LogP contribution >= 0.6 is 15.9 Å². The van der Waals surface area contributed by atoms with Crippen LogP contribution in [0.2, 0.25) is 0 Å². The van der Waals surface area contributed by atoms with Crippen molar-refractivity contribution in [1.29, 1.82) is 0 Å². The Hall–Kier alpha value is -1.88. The number of ether oxygens (including phenoxy) is 1. The fourth-order valence-corrected chi connectivity index (χ4v) is 1.96. The van der Waals surface area contributed by atoms with Crippen molar-refractivity contribution < 1.29 is 9.15 Å². The van der Waals surface area contributed by atoms with Gasteiger partial charge >= 0.3 is 0 Å². The smallest absolute Gasteiger partial charge is 0.228 e. The Balaban J connectivity index is 2.07. The van der Waals surface area contributed by atoms with Crippen molar-refractivity contribution in [1.82, 2.24) is 9.97 Å². The molecule has 2 heterocycles. The van der Waals surface area contributed by atoms with Crippen LogP contribution in [0.15, 0.2) is 45.4 Å². The zero-order valence-electron chi connectivity index (χ0n) is 9.55. The molecule has 0 aliphatic rings. The van der Waals surface area contributed by atoms with E-state index in [1.165, 1.54) is 0 Å². The number of fused-ring (bicyclic) bond motifs is 1. The van der Waals surface area contributed by atoms with Crippen LogP contribution in [0, 0.1) is 0 Å². The van der Waals surface area contributed by atoms with Gasteiger partial charge in [-0.1, -0.05) is 0 Å². The highest BCUT2D eigenvalue weighted by Gasteiger charge is 2.09. The summed E-state index contributed by atoms with van der Waals surface area (Å²) in [5, 5.41) is 0. The molecule has 5 heteroatoms. The third kappa shape index (κ3) is 1.97. The molecule has 0 N–H and O–H groups in total. The van der Waals surface area contributed by atoms with Crippen molar-refractivity contribution >= 4 is 27.2 Å². The highest BCUT2D eigenvalue weighted by molar-refractivity contribution is 9.10. The maximum atomic E-state index is 5.66. The van der Waals surface area contributed by atoms with Crippen LogP contribution in [0.25, 0.3) is 22.7 Å². The lowest BCUT2D eigenvalue weighted by Gasteiger charge is -1.99. The van der Waals surface area contributed by atoms with Crippen LogP contribution in [0.3, 0.4) is 0 Å². The number of benzene rings is 1. The quantitative estimate of drug-likeness (QED) is 0.725. The summed E-state index contributed by atoms with van der Waals surface area (Å²) in [7, 11) is 1.63. The molecule has 0 atom stereocenters. The van der Waals surface area contributed by atoms with E-state index in [4.69, 9.17) is 9.15 Å². The van der Waals surface area contributed by atoms with Gasteiger partial charge in [0.05, 0.1) is 7.11 Å². The summed E-state index contributed by atoms with van der Waals surface area (Å²) in [6.45, 7) is 0. The zero-order valence-corrected chi connectivity index (χ0v) is 11.1. The average Bonchev–Trinajstić information content (AvgIpc) is 2.81. The lowest BCUT2D eigenvalue weighted by molar-refractivity contribution is 0.415. The van der Waals surface area contributed by atoms with Crippen LogP contribution in [-0.2, 0) is 0 Å². The molecule has 0 fully saturated rings. The topological polar surface area (TPSA) is 48.2 Å². The molecule has 0 aliphatic heterocycles. The summed E-state index contributed by atoms with van der Waals surface area (Å²) < 4.78 is 11.6. The SMILES string of the molecule is COc1ccc(-c2nc3ncc(Br)cc3o2)cc1. The molecule has 0 unspecified atom stereocenters. The predicted octanol–water partition coefficient (Wildman–Crippen LogP) is 3.66. The van der Waals surface area contributed by atoms with E-state index in [-0.39, 0.29) is 0 Å². The van der Waals surface area contributed by atoms with E-state index in [0.29, 0.717) is 17.1 Å². The van der Waals surface area contributed by atoms with Crippen molar-refractivity contribution in [3.63, 3.8) is 0 Å². The molecule has 90 valence electrons. The van der Waals surface area contributed by atoms with Crippen molar-refractivity contribution in [2.75, 3.05) is 7.11 Å². The van der Waals surface area contributed by atoms with Crippen LogP contribution in [-0.4, -0.2) is 17.1 Å². The van der Waals surface area contributed by atoms with Crippen LogP contribution in [0.1, 0.15) is 0 Å². The molecule has 0 spiro atoms. The van der Waals surface area contributed by atoms with Gasteiger partial charge in [0, 0.05) is 22.3 Å². The molecule has 0 bridgehead atoms. The molecular formula is C13H9BrN2O2. The number of halogens is 1. The van der Waals surface area contributed by atoms with Gasteiger partial charge in [-0.3, -0.25) is 0 Å². The number of oxazole rings is 1. The minimum absolute atomic E-state index is 0.554. The Labute approximate surface area is 112 Å². The van der Waals surface area contributed by atoms with E-state index in [2.05, 4.69) is 25.9 Å². The molecule has 0 radical (unpaired) electrons.